The van der Waals surface area contributed by atoms with Crippen LogP contribution in [0.1, 0.15) is 36.5 Å². The van der Waals surface area contributed by atoms with Crippen LogP contribution in [0.2, 0.25) is 0 Å². The molecule has 2 N–H and O–H groups in total. The van der Waals surface area contributed by atoms with Gasteiger partial charge >= 0.3 is 0 Å². The second-order valence-electron chi connectivity index (χ2n) is 5.02. The van der Waals surface area contributed by atoms with E-state index in [0.29, 0.717) is 18.3 Å². The number of nitrogens with one attached hydrogen (secondary N) is 1. The van der Waals surface area contributed by atoms with Crippen molar-refractivity contribution in [1.29, 1.82) is 0 Å². The molecule has 0 radical (unpaired) electrons. The molecule has 0 spiro atoms. The molecule has 0 bridgehead atoms. The van der Waals surface area contributed by atoms with Crippen LogP contribution in [0.4, 0.5) is 0 Å². The van der Waals surface area contributed by atoms with Crippen LogP contribution < -0.4 is 10.1 Å². The first-order valence-corrected chi connectivity index (χ1v) is 8.08. The average Bonchev–Trinajstić information content (AvgIpc) is 2.99. The molecule has 1 heterocycles. The molecule has 0 saturated carbocycles. The molecule has 21 heavy (non-hydrogen) atoms. The van der Waals surface area contributed by atoms with Gasteiger partial charge in [-0.2, -0.15) is 0 Å². The van der Waals surface area contributed by atoms with Crippen molar-refractivity contribution < 1.29 is 9.84 Å². The molecular weight excluding hydrogens is 284 g/mol. The van der Waals surface area contributed by atoms with Gasteiger partial charge in [-0.3, -0.25) is 0 Å². The van der Waals surface area contributed by atoms with Gasteiger partial charge in [0.15, 0.2) is 0 Å². The molecule has 1 unspecified atom stereocenters. The number of aliphatic hydroxyl groups is 1. The number of aromatic nitrogens is 1. The van der Waals surface area contributed by atoms with Gasteiger partial charge in [0.25, 0.3) is 0 Å². The third-order valence-electron chi connectivity index (χ3n) is 3.29. The standard InChI is InChI=1S/C16H22N2O2S/c1-3-12(2)17-8-13-5-4-6-15(7-13)20-10-16-18-14(9-19)11-21-16/h4-7,11-12,17,19H,3,8-10H2,1-2H3. The average molecular weight is 306 g/mol. The fourth-order valence-electron chi connectivity index (χ4n) is 1.81. The maximum absolute atomic E-state index is 8.99. The smallest absolute Gasteiger partial charge is 0.140 e. The fraction of sp³-hybridized carbons (Fsp3) is 0.438. The lowest BCUT2D eigenvalue weighted by Crippen LogP contribution is -2.24. The van der Waals surface area contributed by atoms with Crippen molar-refractivity contribution in [3.8, 4) is 5.75 Å². The molecule has 1 atom stereocenters. The van der Waals surface area contributed by atoms with Crippen molar-refractivity contribution in [2.45, 2.75) is 46.1 Å². The summed E-state index contributed by atoms with van der Waals surface area (Å²) in [6, 6.07) is 8.62. The van der Waals surface area contributed by atoms with Crippen molar-refractivity contribution in [1.82, 2.24) is 10.3 Å². The summed E-state index contributed by atoms with van der Waals surface area (Å²) in [6.07, 6.45) is 1.12. The minimum Gasteiger partial charge on any atom is -0.486 e. The van der Waals surface area contributed by atoms with Crippen LogP contribution in [0.15, 0.2) is 29.6 Å². The molecule has 114 valence electrons. The molecule has 0 amide bonds. The molecule has 0 aliphatic carbocycles. The highest BCUT2D eigenvalue weighted by molar-refractivity contribution is 7.09. The fourth-order valence-corrected chi connectivity index (χ4v) is 2.51. The number of nitrogens with zero attached hydrogens (tertiary/aromatic N) is 1. The molecule has 1 aromatic carbocycles. The van der Waals surface area contributed by atoms with Crippen LogP contribution >= 0.6 is 11.3 Å². The molecule has 0 fully saturated rings. The third kappa shape index (κ3) is 5.12. The van der Waals surface area contributed by atoms with E-state index in [1.165, 1.54) is 16.9 Å². The number of hydrogen-bond donors (Lipinski definition) is 2. The van der Waals surface area contributed by atoms with Gasteiger partial charge in [0.2, 0.25) is 0 Å². The first kappa shape index (κ1) is 15.9. The normalized spacial score (nSPS) is 12.3. The number of benzene rings is 1. The van der Waals surface area contributed by atoms with E-state index < -0.39 is 0 Å². The second kappa shape index (κ2) is 8.12. The monoisotopic (exact) mass is 306 g/mol. The Kier molecular flexibility index (Phi) is 6.17. The lowest BCUT2D eigenvalue weighted by atomic mass is 10.2. The first-order chi connectivity index (χ1) is 10.2. The highest BCUT2D eigenvalue weighted by Crippen LogP contribution is 2.17. The van der Waals surface area contributed by atoms with Gasteiger partial charge in [-0.1, -0.05) is 19.1 Å². The Morgan fingerprint density at radius 1 is 1.43 bits per heavy atom. The van der Waals surface area contributed by atoms with E-state index in [9.17, 15) is 0 Å². The van der Waals surface area contributed by atoms with Crippen molar-refractivity contribution in [2.24, 2.45) is 0 Å². The van der Waals surface area contributed by atoms with Gasteiger partial charge in [0.05, 0.1) is 12.3 Å². The zero-order valence-electron chi connectivity index (χ0n) is 12.5. The van der Waals surface area contributed by atoms with E-state index in [1.807, 2.05) is 17.5 Å². The highest BCUT2D eigenvalue weighted by atomic mass is 32.1. The number of rotatable bonds is 8. The number of hydrogen-bond acceptors (Lipinski definition) is 5. The maximum atomic E-state index is 8.99. The molecular formula is C16H22N2O2S. The molecule has 0 aliphatic rings. The summed E-state index contributed by atoms with van der Waals surface area (Å²) in [5.41, 5.74) is 1.91. The van der Waals surface area contributed by atoms with Crippen LogP contribution in [-0.2, 0) is 19.8 Å². The predicted octanol–water partition coefficient (Wildman–Crippen LogP) is 3.10. The molecule has 2 rings (SSSR count). The SMILES string of the molecule is CCC(C)NCc1cccc(OCc2nc(CO)cs2)c1. The Hall–Kier alpha value is -1.43. The minimum absolute atomic E-state index is 0.0206. The zero-order chi connectivity index (χ0) is 15.1. The second-order valence-corrected chi connectivity index (χ2v) is 5.96. The van der Waals surface area contributed by atoms with Gasteiger partial charge in [0.1, 0.15) is 17.4 Å². The summed E-state index contributed by atoms with van der Waals surface area (Å²) in [7, 11) is 0. The maximum Gasteiger partial charge on any atom is 0.140 e. The van der Waals surface area contributed by atoms with E-state index in [-0.39, 0.29) is 6.61 Å². The summed E-state index contributed by atoms with van der Waals surface area (Å²) in [4.78, 5) is 4.27. The lowest BCUT2D eigenvalue weighted by Gasteiger charge is -2.12. The Morgan fingerprint density at radius 3 is 3.00 bits per heavy atom. The number of thiazole rings is 1. The predicted molar refractivity (Wildman–Crippen MR) is 85.4 cm³/mol. The highest BCUT2D eigenvalue weighted by Gasteiger charge is 2.04. The molecule has 0 saturated heterocycles. The van der Waals surface area contributed by atoms with Crippen LogP contribution in [-0.4, -0.2) is 16.1 Å². The van der Waals surface area contributed by atoms with Gasteiger partial charge in [-0.25, -0.2) is 4.98 Å². The summed E-state index contributed by atoms with van der Waals surface area (Å²) in [6.45, 7) is 5.62. The van der Waals surface area contributed by atoms with E-state index in [1.54, 1.807) is 0 Å². The van der Waals surface area contributed by atoms with E-state index in [4.69, 9.17) is 9.84 Å². The number of ether oxygens (including phenoxy) is 1. The van der Waals surface area contributed by atoms with Crippen molar-refractivity contribution >= 4 is 11.3 Å². The third-order valence-corrected chi connectivity index (χ3v) is 4.16. The van der Waals surface area contributed by atoms with Crippen molar-refractivity contribution in [3.63, 3.8) is 0 Å². The van der Waals surface area contributed by atoms with Gasteiger partial charge in [0, 0.05) is 18.0 Å². The molecule has 5 heteroatoms. The zero-order valence-corrected chi connectivity index (χ0v) is 13.3. The summed E-state index contributed by atoms with van der Waals surface area (Å²) in [5, 5.41) is 15.2. The molecule has 2 aromatic rings. The topological polar surface area (TPSA) is 54.4 Å². The Bertz CT molecular complexity index is 557. The largest absolute Gasteiger partial charge is 0.486 e. The van der Waals surface area contributed by atoms with Crippen LogP contribution in [0.3, 0.4) is 0 Å². The Morgan fingerprint density at radius 2 is 2.29 bits per heavy atom. The summed E-state index contributed by atoms with van der Waals surface area (Å²) in [5.74, 6) is 0.846. The molecule has 0 aliphatic heterocycles. The first-order valence-electron chi connectivity index (χ1n) is 7.20. The van der Waals surface area contributed by atoms with Gasteiger partial charge in [-0.05, 0) is 31.0 Å². The molecule has 4 nitrogen and oxygen atoms in total. The molecule has 1 aromatic heterocycles. The summed E-state index contributed by atoms with van der Waals surface area (Å²) >= 11 is 1.51. The van der Waals surface area contributed by atoms with Crippen molar-refractivity contribution in [3.05, 3.63) is 45.9 Å². The van der Waals surface area contributed by atoms with E-state index in [2.05, 4.69) is 36.3 Å². The van der Waals surface area contributed by atoms with Crippen molar-refractivity contribution in [2.75, 3.05) is 0 Å². The lowest BCUT2D eigenvalue weighted by molar-refractivity contribution is 0.275. The quantitative estimate of drug-likeness (QED) is 0.787. The Labute approximate surface area is 129 Å². The number of aliphatic hydroxyl groups excluding tert-OH is 1. The van der Waals surface area contributed by atoms with E-state index in [0.717, 1.165) is 23.7 Å². The summed E-state index contributed by atoms with van der Waals surface area (Å²) < 4.78 is 5.76. The van der Waals surface area contributed by atoms with Crippen LogP contribution in [0.5, 0.6) is 5.75 Å². The van der Waals surface area contributed by atoms with Gasteiger partial charge in [-0.15, -0.1) is 11.3 Å². The van der Waals surface area contributed by atoms with Gasteiger partial charge < -0.3 is 15.2 Å². The van der Waals surface area contributed by atoms with Crippen LogP contribution in [0.25, 0.3) is 0 Å². The minimum atomic E-state index is -0.0206. The Balaban J connectivity index is 1.88. The van der Waals surface area contributed by atoms with E-state index >= 15 is 0 Å². The van der Waals surface area contributed by atoms with Crippen LogP contribution in [0, 0.1) is 0 Å².